The lowest BCUT2D eigenvalue weighted by molar-refractivity contribution is 0.449. The molecule has 1 aromatic heterocycles. The number of nitrogens with zero attached hydrogens (tertiary/aromatic N) is 2. The van der Waals surface area contributed by atoms with E-state index >= 15 is 0 Å². The van der Waals surface area contributed by atoms with Gasteiger partial charge in [0.1, 0.15) is 0 Å². The van der Waals surface area contributed by atoms with Crippen LogP contribution < -0.4 is 4.72 Å². The third kappa shape index (κ3) is 3.44. The van der Waals surface area contributed by atoms with Crippen molar-refractivity contribution in [1.29, 1.82) is 0 Å². The zero-order valence-corrected chi connectivity index (χ0v) is 11.5. The Kier molecular flexibility index (Phi) is 4.53. The Morgan fingerprint density at radius 2 is 2.00 bits per heavy atom. The van der Waals surface area contributed by atoms with Crippen LogP contribution in [0.4, 0.5) is 5.82 Å². The average molecular weight is 260 g/mol. The summed E-state index contributed by atoms with van der Waals surface area (Å²) >= 11 is 0. The molecule has 1 rings (SSSR count). The number of H-pyrrole nitrogens is 1. The highest BCUT2D eigenvalue weighted by atomic mass is 32.2. The first-order valence-corrected chi connectivity index (χ1v) is 7.17. The summed E-state index contributed by atoms with van der Waals surface area (Å²) in [5.74, 6) is 0.620. The van der Waals surface area contributed by atoms with E-state index in [1.54, 1.807) is 19.9 Å². The van der Waals surface area contributed by atoms with Crippen LogP contribution in [0.2, 0.25) is 0 Å². The molecule has 0 bridgehead atoms. The molecule has 0 atom stereocenters. The summed E-state index contributed by atoms with van der Waals surface area (Å²) < 4.78 is 27.6. The predicted octanol–water partition coefficient (Wildman–Crippen LogP) is 1.53. The van der Waals surface area contributed by atoms with Gasteiger partial charge in [-0.2, -0.15) is 17.8 Å². The molecule has 17 heavy (non-hydrogen) atoms. The molecule has 0 aliphatic heterocycles. The number of anilines is 1. The van der Waals surface area contributed by atoms with E-state index in [-0.39, 0.29) is 5.92 Å². The first-order chi connectivity index (χ1) is 7.90. The second kappa shape index (κ2) is 5.50. The van der Waals surface area contributed by atoms with Gasteiger partial charge in [0.25, 0.3) is 0 Å². The molecule has 1 aromatic rings. The van der Waals surface area contributed by atoms with Crippen LogP contribution in [-0.2, 0) is 10.2 Å². The Bertz CT molecular complexity index is 449. The Labute approximate surface area is 103 Å². The molecule has 0 fully saturated rings. The number of hydrogen-bond acceptors (Lipinski definition) is 3. The van der Waals surface area contributed by atoms with Crippen LogP contribution in [0.25, 0.3) is 0 Å². The molecular weight excluding hydrogens is 240 g/mol. The second-order valence-electron chi connectivity index (χ2n) is 4.05. The second-order valence-corrected chi connectivity index (χ2v) is 5.73. The van der Waals surface area contributed by atoms with E-state index in [4.69, 9.17) is 0 Å². The van der Waals surface area contributed by atoms with E-state index in [1.165, 1.54) is 4.31 Å². The van der Waals surface area contributed by atoms with Crippen molar-refractivity contribution in [2.75, 3.05) is 17.8 Å². The minimum atomic E-state index is -3.49. The third-order valence-electron chi connectivity index (χ3n) is 2.50. The highest BCUT2D eigenvalue weighted by Crippen LogP contribution is 2.16. The van der Waals surface area contributed by atoms with Crippen molar-refractivity contribution >= 4 is 16.0 Å². The van der Waals surface area contributed by atoms with Gasteiger partial charge in [-0.15, -0.1) is 0 Å². The van der Waals surface area contributed by atoms with Crippen molar-refractivity contribution in [3.63, 3.8) is 0 Å². The summed E-state index contributed by atoms with van der Waals surface area (Å²) in [4.78, 5) is 0. The number of aromatic amines is 1. The molecule has 0 aromatic carbocycles. The van der Waals surface area contributed by atoms with Crippen molar-refractivity contribution in [2.24, 2.45) is 0 Å². The topological polar surface area (TPSA) is 78.1 Å². The van der Waals surface area contributed by atoms with Crippen molar-refractivity contribution in [3.8, 4) is 0 Å². The van der Waals surface area contributed by atoms with Gasteiger partial charge in [-0.05, 0) is 5.92 Å². The lowest BCUT2D eigenvalue weighted by Gasteiger charge is -2.18. The standard InChI is InChI=1S/C10H20N4O2S/c1-5-14(6-2)17(15,16)13-10-7-9(8(3)4)11-12-10/h7-8H,5-6H2,1-4H3,(H2,11,12,13). The van der Waals surface area contributed by atoms with Crippen molar-refractivity contribution < 1.29 is 8.42 Å². The molecule has 6 nitrogen and oxygen atoms in total. The number of rotatable bonds is 6. The molecule has 0 radical (unpaired) electrons. The van der Waals surface area contributed by atoms with E-state index in [0.29, 0.717) is 18.9 Å². The smallest absolute Gasteiger partial charge is 0.280 e. The van der Waals surface area contributed by atoms with E-state index in [1.807, 2.05) is 13.8 Å². The lowest BCUT2D eigenvalue weighted by Crippen LogP contribution is -2.35. The summed E-state index contributed by atoms with van der Waals surface area (Å²) in [5, 5.41) is 6.74. The highest BCUT2D eigenvalue weighted by molar-refractivity contribution is 7.90. The molecule has 0 spiro atoms. The molecular formula is C10H20N4O2S. The van der Waals surface area contributed by atoms with Gasteiger partial charge in [-0.1, -0.05) is 27.7 Å². The van der Waals surface area contributed by atoms with E-state index in [9.17, 15) is 8.42 Å². The maximum atomic E-state index is 11.9. The fourth-order valence-electron chi connectivity index (χ4n) is 1.44. The molecule has 98 valence electrons. The molecule has 0 saturated heterocycles. The van der Waals surface area contributed by atoms with Gasteiger partial charge in [0, 0.05) is 24.8 Å². The summed E-state index contributed by atoms with van der Waals surface area (Å²) in [6.45, 7) is 8.49. The normalized spacial score (nSPS) is 12.4. The predicted molar refractivity (Wildman–Crippen MR) is 68.1 cm³/mol. The van der Waals surface area contributed by atoms with Crippen LogP contribution in [0.5, 0.6) is 0 Å². The SMILES string of the molecule is CCN(CC)S(=O)(=O)Nc1cc(C(C)C)[nH]n1. The molecule has 0 aliphatic rings. The van der Waals surface area contributed by atoms with Crippen molar-refractivity contribution in [2.45, 2.75) is 33.6 Å². The van der Waals surface area contributed by atoms with Crippen LogP contribution in [0, 0.1) is 0 Å². The zero-order chi connectivity index (χ0) is 13.1. The maximum absolute atomic E-state index is 11.9. The monoisotopic (exact) mass is 260 g/mol. The lowest BCUT2D eigenvalue weighted by atomic mass is 10.1. The van der Waals surface area contributed by atoms with Crippen LogP contribution in [0.3, 0.4) is 0 Å². The fraction of sp³-hybridized carbons (Fsp3) is 0.700. The van der Waals surface area contributed by atoms with Crippen molar-refractivity contribution in [3.05, 3.63) is 11.8 Å². The van der Waals surface area contributed by atoms with Crippen LogP contribution in [-0.4, -0.2) is 36.0 Å². The van der Waals surface area contributed by atoms with Crippen molar-refractivity contribution in [1.82, 2.24) is 14.5 Å². The summed E-state index contributed by atoms with van der Waals surface area (Å²) in [5.41, 5.74) is 0.905. The summed E-state index contributed by atoms with van der Waals surface area (Å²) in [7, 11) is -3.49. The van der Waals surface area contributed by atoms with Crippen LogP contribution in [0.1, 0.15) is 39.3 Å². The highest BCUT2D eigenvalue weighted by Gasteiger charge is 2.19. The Balaban J connectivity index is 2.82. The Morgan fingerprint density at radius 1 is 1.41 bits per heavy atom. The summed E-state index contributed by atoms with van der Waals surface area (Å²) in [6.07, 6.45) is 0. The average Bonchev–Trinajstić information content (AvgIpc) is 2.66. The molecule has 0 unspecified atom stereocenters. The molecule has 1 heterocycles. The van der Waals surface area contributed by atoms with Gasteiger partial charge in [0.2, 0.25) is 0 Å². The molecule has 0 saturated carbocycles. The molecule has 0 aliphatic carbocycles. The van der Waals surface area contributed by atoms with Gasteiger partial charge >= 0.3 is 10.2 Å². The fourth-order valence-corrected chi connectivity index (χ4v) is 2.62. The first-order valence-electron chi connectivity index (χ1n) is 5.73. The number of hydrogen-bond donors (Lipinski definition) is 2. The van der Waals surface area contributed by atoms with Gasteiger partial charge < -0.3 is 0 Å². The van der Waals surface area contributed by atoms with E-state index in [2.05, 4.69) is 14.9 Å². The van der Waals surface area contributed by atoms with E-state index < -0.39 is 10.2 Å². The third-order valence-corrected chi connectivity index (χ3v) is 4.16. The molecule has 2 N–H and O–H groups in total. The maximum Gasteiger partial charge on any atom is 0.302 e. The van der Waals surface area contributed by atoms with Crippen LogP contribution in [0.15, 0.2) is 6.07 Å². The quantitative estimate of drug-likeness (QED) is 0.814. The number of nitrogens with one attached hydrogen (secondary N) is 2. The zero-order valence-electron chi connectivity index (χ0n) is 10.7. The van der Waals surface area contributed by atoms with Crippen LogP contribution >= 0.6 is 0 Å². The minimum absolute atomic E-state index is 0.286. The first kappa shape index (κ1) is 14.0. The van der Waals surface area contributed by atoms with E-state index in [0.717, 1.165) is 5.69 Å². The molecule has 7 heteroatoms. The van der Waals surface area contributed by atoms with Gasteiger partial charge in [-0.3, -0.25) is 9.82 Å². The van der Waals surface area contributed by atoms with Gasteiger partial charge in [-0.25, -0.2) is 0 Å². The number of aromatic nitrogens is 2. The minimum Gasteiger partial charge on any atom is -0.280 e. The largest absolute Gasteiger partial charge is 0.302 e. The van der Waals surface area contributed by atoms with Gasteiger partial charge in [0.15, 0.2) is 5.82 Å². The Hall–Kier alpha value is -1.08. The summed E-state index contributed by atoms with van der Waals surface area (Å²) in [6, 6.07) is 1.71. The van der Waals surface area contributed by atoms with Gasteiger partial charge in [0.05, 0.1) is 0 Å². The molecule has 0 amide bonds. The Morgan fingerprint density at radius 3 is 2.41 bits per heavy atom.